The van der Waals surface area contributed by atoms with Crippen molar-refractivity contribution in [2.75, 3.05) is 18.2 Å². The number of amides is 2. The summed E-state index contributed by atoms with van der Waals surface area (Å²) in [6, 6.07) is 15.6. The standard InChI is InChI=1S/C20H18N2O5/c1-2-26-18(23)13-27-17-11-7-6-8-14(17)12-16-19(24)21-22(20(16)25)15-9-4-3-5-10-15/h3-12H,2,13H2,1H3,(H,21,24)/b16-12+. The highest BCUT2D eigenvalue weighted by Crippen LogP contribution is 2.25. The molecule has 1 saturated heterocycles. The van der Waals surface area contributed by atoms with Gasteiger partial charge in [0.05, 0.1) is 12.3 Å². The molecule has 2 aromatic carbocycles. The fourth-order valence-corrected chi connectivity index (χ4v) is 2.54. The Morgan fingerprint density at radius 1 is 1.07 bits per heavy atom. The van der Waals surface area contributed by atoms with Gasteiger partial charge >= 0.3 is 5.97 Å². The molecule has 0 unspecified atom stereocenters. The van der Waals surface area contributed by atoms with Gasteiger partial charge in [-0.1, -0.05) is 36.4 Å². The highest BCUT2D eigenvalue weighted by molar-refractivity contribution is 6.31. The highest BCUT2D eigenvalue weighted by Gasteiger charge is 2.34. The number of esters is 1. The summed E-state index contributed by atoms with van der Waals surface area (Å²) >= 11 is 0. The van der Waals surface area contributed by atoms with E-state index in [9.17, 15) is 14.4 Å². The highest BCUT2D eigenvalue weighted by atomic mass is 16.6. The molecule has 1 fully saturated rings. The van der Waals surface area contributed by atoms with E-state index in [1.54, 1.807) is 55.5 Å². The van der Waals surface area contributed by atoms with Gasteiger partial charge < -0.3 is 9.47 Å². The van der Waals surface area contributed by atoms with Crippen molar-refractivity contribution in [1.82, 2.24) is 5.43 Å². The van der Waals surface area contributed by atoms with Crippen molar-refractivity contribution in [3.05, 3.63) is 65.7 Å². The molecular weight excluding hydrogens is 348 g/mol. The molecule has 27 heavy (non-hydrogen) atoms. The van der Waals surface area contributed by atoms with Crippen LogP contribution in [0.4, 0.5) is 5.69 Å². The number of carbonyl (C=O) groups excluding carboxylic acids is 3. The third kappa shape index (κ3) is 4.14. The predicted octanol–water partition coefficient (Wildman–Crippen LogP) is 2.09. The first-order valence-electron chi connectivity index (χ1n) is 8.39. The third-order valence-electron chi connectivity index (χ3n) is 3.78. The van der Waals surface area contributed by atoms with Gasteiger partial charge in [-0.2, -0.15) is 0 Å². The van der Waals surface area contributed by atoms with E-state index in [1.165, 1.54) is 11.1 Å². The number of para-hydroxylation sites is 2. The van der Waals surface area contributed by atoms with E-state index in [2.05, 4.69) is 5.43 Å². The minimum absolute atomic E-state index is 0.0222. The molecule has 138 valence electrons. The number of benzene rings is 2. The molecule has 1 N–H and O–H groups in total. The Hall–Kier alpha value is -3.61. The largest absolute Gasteiger partial charge is 0.481 e. The van der Waals surface area contributed by atoms with Crippen LogP contribution in [0, 0.1) is 0 Å². The second kappa shape index (κ2) is 8.18. The quantitative estimate of drug-likeness (QED) is 0.481. The first kappa shape index (κ1) is 18.2. The molecule has 0 saturated carbocycles. The molecule has 1 heterocycles. The number of nitrogens with one attached hydrogen (secondary N) is 1. The topological polar surface area (TPSA) is 84.9 Å². The van der Waals surface area contributed by atoms with E-state index < -0.39 is 17.8 Å². The van der Waals surface area contributed by atoms with Crippen LogP contribution in [0.1, 0.15) is 12.5 Å². The number of anilines is 1. The van der Waals surface area contributed by atoms with Crippen LogP contribution in [0.2, 0.25) is 0 Å². The molecule has 3 rings (SSSR count). The van der Waals surface area contributed by atoms with E-state index in [0.717, 1.165) is 0 Å². The Kier molecular flexibility index (Phi) is 5.51. The first-order valence-corrected chi connectivity index (χ1v) is 8.39. The maximum absolute atomic E-state index is 12.6. The molecule has 0 radical (unpaired) electrons. The molecule has 0 aromatic heterocycles. The second-order valence-corrected chi connectivity index (χ2v) is 5.61. The average Bonchev–Trinajstić information content (AvgIpc) is 2.96. The van der Waals surface area contributed by atoms with Crippen LogP contribution in [0.3, 0.4) is 0 Å². The van der Waals surface area contributed by atoms with E-state index in [0.29, 0.717) is 17.0 Å². The lowest BCUT2D eigenvalue weighted by molar-refractivity contribution is -0.145. The number of rotatable bonds is 6. The smallest absolute Gasteiger partial charge is 0.344 e. The normalized spacial score (nSPS) is 15.0. The SMILES string of the molecule is CCOC(=O)COc1ccccc1/C=C1\C(=O)NN(c2ccccc2)C1=O. The average molecular weight is 366 g/mol. The molecule has 0 spiro atoms. The zero-order chi connectivity index (χ0) is 19.2. The van der Waals surface area contributed by atoms with Crippen molar-refractivity contribution in [3.8, 4) is 5.75 Å². The third-order valence-corrected chi connectivity index (χ3v) is 3.78. The van der Waals surface area contributed by atoms with Crippen molar-refractivity contribution in [2.45, 2.75) is 6.92 Å². The predicted molar refractivity (Wildman–Crippen MR) is 98.6 cm³/mol. The van der Waals surface area contributed by atoms with Gasteiger partial charge in [-0.05, 0) is 31.2 Å². The molecule has 1 aliphatic rings. The van der Waals surface area contributed by atoms with Crippen LogP contribution in [0.25, 0.3) is 6.08 Å². The fraction of sp³-hybridized carbons (Fsp3) is 0.150. The number of carbonyl (C=O) groups is 3. The van der Waals surface area contributed by atoms with Crippen LogP contribution in [0.15, 0.2) is 60.2 Å². The summed E-state index contributed by atoms with van der Waals surface area (Å²) in [5, 5.41) is 1.19. The summed E-state index contributed by atoms with van der Waals surface area (Å²) in [6.07, 6.45) is 1.45. The molecule has 0 bridgehead atoms. The molecule has 7 heteroatoms. The van der Waals surface area contributed by atoms with Gasteiger partial charge in [0.15, 0.2) is 6.61 Å². The molecule has 2 aromatic rings. The summed E-state index contributed by atoms with van der Waals surface area (Å²) in [5.74, 6) is -1.10. The second-order valence-electron chi connectivity index (χ2n) is 5.61. The minimum Gasteiger partial charge on any atom is -0.481 e. The summed E-state index contributed by atoms with van der Waals surface area (Å²) in [7, 11) is 0. The van der Waals surface area contributed by atoms with E-state index in [1.807, 2.05) is 6.07 Å². The summed E-state index contributed by atoms with van der Waals surface area (Å²) < 4.78 is 10.3. The van der Waals surface area contributed by atoms with Gasteiger partial charge in [0.25, 0.3) is 11.8 Å². The maximum Gasteiger partial charge on any atom is 0.344 e. The van der Waals surface area contributed by atoms with Gasteiger partial charge in [-0.15, -0.1) is 0 Å². The van der Waals surface area contributed by atoms with Crippen LogP contribution in [0.5, 0.6) is 5.75 Å². The molecule has 7 nitrogen and oxygen atoms in total. The Bertz CT molecular complexity index is 892. The number of ether oxygens (including phenoxy) is 2. The summed E-state index contributed by atoms with van der Waals surface area (Å²) in [6.45, 7) is 1.71. The minimum atomic E-state index is -0.510. The van der Waals surface area contributed by atoms with Crippen molar-refractivity contribution >= 4 is 29.5 Å². The summed E-state index contributed by atoms with van der Waals surface area (Å²) in [5.41, 5.74) is 3.59. The number of nitrogens with zero attached hydrogens (tertiary/aromatic N) is 1. The van der Waals surface area contributed by atoms with Crippen molar-refractivity contribution < 1.29 is 23.9 Å². The maximum atomic E-state index is 12.6. The number of hydrogen-bond donors (Lipinski definition) is 1. The Morgan fingerprint density at radius 3 is 2.52 bits per heavy atom. The zero-order valence-corrected chi connectivity index (χ0v) is 14.7. The molecule has 0 atom stereocenters. The van der Waals surface area contributed by atoms with E-state index in [-0.39, 0.29) is 18.8 Å². The van der Waals surface area contributed by atoms with Crippen LogP contribution < -0.4 is 15.2 Å². The zero-order valence-electron chi connectivity index (χ0n) is 14.7. The van der Waals surface area contributed by atoms with Gasteiger partial charge in [0.1, 0.15) is 11.3 Å². The van der Waals surface area contributed by atoms with Crippen molar-refractivity contribution in [1.29, 1.82) is 0 Å². The van der Waals surface area contributed by atoms with Gasteiger partial charge in [0, 0.05) is 5.56 Å². The Labute approximate surface area is 156 Å². The van der Waals surface area contributed by atoms with Crippen LogP contribution in [-0.4, -0.2) is 31.0 Å². The fourth-order valence-electron chi connectivity index (χ4n) is 2.54. The number of hydrogen-bond acceptors (Lipinski definition) is 5. The lowest BCUT2D eigenvalue weighted by Gasteiger charge is -2.14. The number of hydrazine groups is 1. The van der Waals surface area contributed by atoms with Gasteiger partial charge in [-0.3, -0.25) is 15.0 Å². The molecule has 0 aliphatic carbocycles. The van der Waals surface area contributed by atoms with Gasteiger partial charge in [-0.25, -0.2) is 9.80 Å². The monoisotopic (exact) mass is 366 g/mol. The van der Waals surface area contributed by atoms with Crippen LogP contribution >= 0.6 is 0 Å². The Balaban J connectivity index is 1.83. The van der Waals surface area contributed by atoms with E-state index in [4.69, 9.17) is 9.47 Å². The Morgan fingerprint density at radius 2 is 1.78 bits per heavy atom. The van der Waals surface area contributed by atoms with Crippen molar-refractivity contribution in [2.24, 2.45) is 0 Å². The molecule has 2 amide bonds. The molecule has 1 aliphatic heterocycles. The first-order chi connectivity index (χ1) is 13.1. The molecular formula is C20H18N2O5. The van der Waals surface area contributed by atoms with Crippen LogP contribution in [-0.2, 0) is 19.1 Å². The lowest BCUT2D eigenvalue weighted by atomic mass is 10.1. The van der Waals surface area contributed by atoms with Gasteiger partial charge in [0.2, 0.25) is 0 Å². The lowest BCUT2D eigenvalue weighted by Crippen LogP contribution is -2.35. The van der Waals surface area contributed by atoms with E-state index >= 15 is 0 Å². The van der Waals surface area contributed by atoms with Crippen molar-refractivity contribution in [3.63, 3.8) is 0 Å². The summed E-state index contributed by atoms with van der Waals surface area (Å²) in [4.78, 5) is 36.4.